The minimum absolute atomic E-state index is 0.498. The molecule has 2 heteroatoms. The first-order chi connectivity index (χ1) is 6.24. The summed E-state index contributed by atoms with van der Waals surface area (Å²) < 4.78 is 5.09. The molecule has 0 aliphatic heterocycles. The molecular formula is C11H21NO. The van der Waals surface area contributed by atoms with Crippen LogP contribution in [0.2, 0.25) is 0 Å². The predicted molar refractivity (Wildman–Crippen MR) is 56.6 cm³/mol. The van der Waals surface area contributed by atoms with Crippen molar-refractivity contribution in [1.29, 1.82) is 0 Å². The molecule has 0 spiro atoms. The van der Waals surface area contributed by atoms with Crippen LogP contribution >= 0.6 is 0 Å². The third kappa shape index (κ3) is 6.62. The van der Waals surface area contributed by atoms with Crippen LogP contribution in [0.5, 0.6) is 0 Å². The van der Waals surface area contributed by atoms with E-state index in [1.165, 1.54) is 0 Å². The molecule has 1 N–H and O–H groups in total. The van der Waals surface area contributed by atoms with Gasteiger partial charge in [-0.25, -0.2) is 0 Å². The highest BCUT2D eigenvalue weighted by atomic mass is 16.5. The summed E-state index contributed by atoms with van der Waals surface area (Å²) in [7, 11) is 3.73. The predicted octanol–water partition coefficient (Wildman–Crippen LogP) is 1.66. The standard InChI is InChI=1S/C11H21NO/c1-5-6-7-11(12-3)8-10(2)9-13-4/h10-12H,7-9H2,1-4H3. The van der Waals surface area contributed by atoms with Gasteiger partial charge in [-0.05, 0) is 26.3 Å². The largest absolute Gasteiger partial charge is 0.384 e. The second kappa shape index (κ2) is 8.10. The van der Waals surface area contributed by atoms with Gasteiger partial charge in [0.1, 0.15) is 0 Å². The quantitative estimate of drug-likeness (QED) is 0.632. The van der Waals surface area contributed by atoms with Crippen molar-refractivity contribution in [3.63, 3.8) is 0 Å². The highest BCUT2D eigenvalue weighted by molar-refractivity contribution is 4.98. The molecule has 76 valence electrons. The smallest absolute Gasteiger partial charge is 0.0488 e. The first kappa shape index (κ1) is 12.5. The van der Waals surface area contributed by atoms with Gasteiger partial charge in [0.25, 0.3) is 0 Å². The van der Waals surface area contributed by atoms with Crippen LogP contribution in [0.1, 0.15) is 26.7 Å². The molecule has 2 unspecified atom stereocenters. The Morgan fingerprint density at radius 3 is 2.62 bits per heavy atom. The number of hydrogen-bond donors (Lipinski definition) is 1. The average molecular weight is 183 g/mol. The fraction of sp³-hybridized carbons (Fsp3) is 0.818. The number of rotatable bonds is 6. The zero-order valence-corrected chi connectivity index (χ0v) is 9.18. The summed E-state index contributed by atoms with van der Waals surface area (Å²) in [5.41, 5.74) is 0. The molecule has 0 rings (SSSR count). The first-order valence-corrected chi connectivity index (χ1v) is 4.80. The van der Waals surface area contributed by atoms with Gasteiger partial charge in [0.05, 0.1) is 0 Å². The molecule has 0 amide bonds. The fourth-order valence-corrected chi connectivity index (χ4v) is 1.37. The van der Waals surface area contributed by atoms with Crippen molar-refractivity contribution < 1.29 is 4.74 Å². The van der Waals surface area contributed by atoms with Crippen LogP contribution in [-0.2, 0) is 4.74 Å². The normalized spacial score (nSPS) is 14.5. The molecule has 0 bridgehead atoms. The van der Waals surface area contributed by atoms with Gasteiger partial charge in [-0.15, -0.1) is 11.8 Å². The van der Waals surface area contributed by atoms with Gasteiger partial charge in [0, 0.05) is 26.2 Å². The molecular weight excluding hydrogens is 162 g/mol. The van der Waals surface area contributed by atoms with E-state index in [9.17, 15) is 0 Å². The minimum Gasteiger partial charge on any atom is -0.384 e. The molecule has 0 aliphatic rings. The molecule has 0 saturated heterocycles. The molecule has 0 aromatic carbocycles. The Hall–Kier alpha value is -0.520. The second-order valence-electron chi connectivity index (χ2n) is 3.41. The van der Waals surface area contributed by atoms with Gasteiger partial charge >= 0.3 is 0 Å². The lowest BCUT2D eigenvalue weighted by Crippen LogP contribution is -2.27. The summed E-state index contributed by atoms with van der Waals surface area (Å²) in [6.45, 7) is 4.91. The minimum atomic E-state index is 0.498. The van der Waals surface area contributed by atoms with Gasteiger partial charge in [-0.3, -0.25) is 0 Å². The molecule has 2 nitrogen and oxygen atoms in total. The van der Waals surface area contributed by atoms with Crippen molar-refractivity contribution in [2.24, 2.45) is 5.92 Å². The molecule has 2 atom stereocenters. The maximum Gasteiger partial charge on any atom is 0.0488 e. The van der Waals surface area contributed by atoms with Crippen LogP contribution in [0.3, 0.4) is 0 Å². The zero-order chi connectivity index (χ0) is 10.1. The molecule has 0 aromatic heterocycles. The van der Waals surface area contributed by atoms with E-state index in [2.05, 4.69) is 24.1 Å². The van der Waals surface area contributed by atoms with Crippen molar-refractivity contribution >= 4 is 0 Å². The lowest BCUT2D eigenvalue weighted by Gasteiger charge is -2.17. The van der Waals surface area contributed by atoms with Crippen LogP contribution in [0.4, 0.5) is 0 Å². The monoisotopic (exact) mass is 183 g/mol. The third-order valence-corrected chi connectivity index (χ3v) is 2.07. The summed E-state index contributed by atoms with van der Waals surface area (Å²) in [4.78, 5) is 0. The molecule has 0 saturated carbocycles. The maximum absolute atomic E-state index is 5.09. The zero-order valence-electron chi connectivity index (χ0n) is 9.18. The van der Waals surface area contributed by atoms with E-state index < -0.39 is 0 Å². The summed E-state index contributed by atoms with van der Waals surface area (Å²) in [5, 5.41) is 3.27. The molecule has 0 aromatic rings. The van der Waals surface area contributed by atoms with Crippen molar-refractivity contribution in [3.8, 4) is 11.8 Å². The molecule has 13 heavy (non-hydrogen) atoms. The van der Waals surface area contributed by atoms with Crippen molar-refractivity contribution in [3.05, 3.63) is 0 Å². The Morgan fingerprint density at radius 2 is 2.15 bits per heavy atom. The Kier molecular flexibility index (Phi) is 7.77. The number of nitrogens with one attached hydrogen (secondary N) is 1. The van der Waals surface area contributed by atoms with E-state index >= 15 is 0 Å². The summed E-state index contributed by atoms with van der Waals surface area (Å²) in [5.74, 6) is 6.61. The van der Waals surface area contributed by atoms with Crippen LogP contribution in [0.25, 0.3) is 0 Å². The summed E-state index contributed by atoms with van der Waals surface area (Å²) >= 11 is 0. The van der Waals surface area contributed by atoms with E-state index in [0.717, 1.165) is 19.4 Å². The number of methoxy groups -OCH3 is 1. The molecule has 0 heterocycles. The third-order valence-electron chi connectivity index (χ3n) is 2.07. The van der Waals surface area contributed by atoms with Crippen molar-refractivity contribution in [2.45, 2.75) is 32.7 Å². The Bertz CT molecular complexity index is 169. The lowest BCUT2D eigenvalue weighted by atomic mass is 10.0. The molecule has 0 aliphatic carbocycles. The SMILES string of the molecule is CC#CCC(CC(C)COC)NC. The van der Waals surface area contributed by atoms with Crippen LogP contribution < -0.4 is 5.32 Å². The van der Waals surface area contributed by atoms with Gasteiger partial charge in [0.2, 0.25) is 0 Å². The van der Waals surface area contributed by atoms with Gasteiger partial charge in [0.15, 0.2) is 0 Å². The van der Waals surface area contributed by atoms with Gasteiger partial charge in [-0.1, -0.05) is 6.92 Å². The van der Waals surface area contributed by atoms with E-state index in [-0.39, 0.29) is 0 Å². The Labute approximate surface area is 82.1 Å². The molecule has 0 radical (unpaired) electrons. The Balaban J connectivity index is 3.73. The maximum atomic E-state index is 5.09. The van der Waals surface area contributed by atoms with E-state index in [0.29, 0.717) is 12.0 Å². The van der Waals surface area contributed by atoms with E-state index in [4.69, 9.17) is 4.74 Å². The van der Waals surface area contributed by atoms with Crippen LogP contribution in [0, 0.1) is 17.8 Å². The van der Waals surface area contributed by atoms with Gasteiger partial charge < -0.3 is 10.1 Å². The number of hydrogen-bond acceptors (Lipinski definition) is 2. The van der Waals surface area contributed by atoms with Crippen LogP contribution in [0.15, 0.2) is 0 Å². The molecule has 0 fully saturated rings. The Morgan fingerprint density at radius 1 is 1.46 bits per heavy atom. The lowest BCUT2D eigenvalue weighted by molar-refractivity contribution is 0.150. The summed E-state index contributed by atoms with van der Waals surface area (Å²) in [6, 6.07) is 0.498. The topological polar surface area (TPSA) is 21.3 Å². The average Bonchev–Trinajstić information content (AvgIpc) is 2.12. The first-order valence-electron chi connectivity index (χ1n) is 4.80. The van der Waals surface area contributed by atoms with Crippen LogP contribution in [-0.4, -0.2) is 26.8 Å². The van der Waals surface area contributed by atoms with E-state index in [1.807, 2.05) is 14.0 Å². The fourth-order valence-electron chi connectivity index (χ4n) is 1.37. The second-order valence-corrected chi connectivity index (χ2v) is 3.41. The highest BCUT2D eigenvalue weighted by Gasteiger charge is 2.09. The summed E-state index contributed by atoms with van der Waals surface area (Å²) in [6.07, 6.45) is 2.06. The van der Waals surface area contributed by atoms with Crippen molar-refractivity contribution in [1.82, 2.24) is 5.32 Å². The number of ether oxygens (including phenoxy) is 1. The van der Waals surface area contributed by atoms with Crippen molar-refractivity contribution in [2.75, 3.05) is 20.8 Å². The van der Waals surface area contributed by atoms with Gasteiger partial charge in [-0.2, -0.15) is 0 Å². The van der Waals surface area contributed by atoms with E-state index in [1.54, 1.807) is 7.11 Å². The highest BCUT2D eigenvalue weighted by Crippen LogP contribution is 2.08.